The molecule has 0 saturated carbocycles. The lowest BCUT2D eigenvalue weighted by Gasteiger charge is -2.26. The van der Waals surface area contributed by atoms with Crippen LogP contribution in [0.2, 0.25) is 0 Å². The lowest BCUT2D eigenvalue weighted by molar-refractivity contribution is 0.0729. The van der Waals surface area contributed by atoms with Gasteiger partial charge in [0.1, 0.15) is 10.6 Å². The summed E-state index contributed by atoms with van der Waals surface area (Å²) in [6.45, 7) is 2.78. The van der Waals surface area contributed by atoms with Gasteiger partial charge in [-0.1, -0.05) is 0 Å². The number of nitrogens with one attached hydrogen (secondary N) is 1. The van der Waals surface area contributed by atoms with Crippen LogP contribution in [0, 0.1) is 6.92 Å². The molecule has 2 amide bonds. The first-order valence-corrected chi connectivity index (χ1v) is 10.7. The highest BCUT2D eigenvalue weighted by Crippen LogP contribution is 2.29. The number of hydrogen-bond donors (Lipinski definition) is 2. The van der Waals surface area contributed by atoms with Gasteiger partial charge in [-0.2, -0.15) is 4.31 Å². The number of hydrogen-bond acceptors (Lipinski definition) is 6. The molecule has 1 heterocycles. The van der Waals surface area contributed by atoms with E-state index in [4.69, 9.17) is 15.2 Å². The van der Waals surface area contributed by atoms with Crippen molar-refractivity contribution in [3.05, 3.63) is 53.1 Å². The van der Waals surface area contributed by atoms with Crippen molar-refractivity contribution in [3.8, 4) is 5.75 Å². The molecule has 0 aliphatic carbocycles. The summed E-state index contributed by atoms with van der Waals surface area (Å²) in [5, 5.41) is 2.70. The third-order valence-corrected chi connectivity index (χ3v) is 6.68. The van der Waals surface area contributed by atoms with Gasteiger partial charge in [-0.05, 0) is 48.9 Å². The monoisotopic (exact) mass is 433 g/mol. The predicted octanol–water partition coefficient (Wildman–Crippen LogP) is 1.38. The number of benzene rings is 2. The van der Waals surface area contributed by atoms with Gasteiger partial charge in [0.15, 0.2) is 0 Å². The van der Waals surface area contributed by atoms with Gasteiger partial charge in [0, 0.05) is 29.9 Å². The molecular formula is C20H23N3O6S. The van der Waals surface area contributed by atoms with Gasteiger partial charge in [-0.15, -0.1) is 0 Å². The molecule has 0 spiro atoms. The van der Waals surface area contributed by atoms with E-state index in [0.717, 1.165) is 0 Å². The normalized spacial score (nSPS) is 14.9. The Bertz CT molecular complexity index is 1080. The third-order valence-electron chi connectivity index (χ3n) is 4.76. The van der Waals surface area contributed by atoms with Gasteiger partial charge in [0.05, 0.1) is 20.3 Å². The molecule has 160 valence electrons. The van der Waals surface area contributed by atoms with Gasteiger partial charge in [-0.3, -0.25) is 9.59 Å². The number of sulfonamides is 1. The Labute approximate surface area is 174 Å². The van der Waals surface area contributed by atoms with Crippen LogP contribution in [-0.2, 0) is 14.8 Å². The number of amides is 2. The van der Waals surface area contributed by atoms with Crippen molar-refractivity contribution >= 4 is 27.5 Å². The highest BCUT2D eigenvalue weighted by molar-refractivity contribution is 7.89. The number of nitrogens with zero attached hydrogens (tertiary/aromatic N) is 1. The fourth-order valence-corrected chi connectivity index (χ4v) is 4.76. The summed E-state index contributed by atoms with van der Waals surface area (Å²) in [4.78, 5) is 24.0. The topological polar surface area (TPSA) is 128 Å². The second-order valence-electron chi connectivity index (χ2n) is 6.73. The van der Waals surface area contributed by atoms with E-state index in [1.807, 2.05) is 0 Å². The second kappa shape index (κ2) is 8.82. The quantitative estimate of drug-likeness (QED) is 0.708. The number of anilines is 1. The van der Waals surface area contributed by atoms with E-state index in [2.05, 4.69) is 5.32 Å². The van der Waals surface area contributed by atoms with Gasteiger partial charge in [0.25, 0.3) is 5.91 Å². The Kier molecular flexibility index (Phi) is 6.40. The SMILES string of the molecule is COc1ccc(C(=O)Nc2ccc(C(N)=O)c(C)c2)cc1S(=O)(=O)N1CCOCC1. The average molecular weight is 433 g/mol. The van der Waals surface area contributed by atoms with Crippen LogP contribution in [0.15, 0.2) is 41.3 Å². The van der Waals surface area contributed by atoms with Crippen LogP contribution in [0.25, 0.3) is 0 Å². The molecule has 9 nitrogen and oxygen atoms in total. The van der Waals surface area contributed by atoms with Gasteiger partial charge >= 0.3 is 0 Å². The van der Waals surface area contributed by atoms with Crippen LogP contribution < -0.4 is 15.8 Å². The van der Waals surface area contributed by atoms with Crippen LogP contribution in [0.3, 0.4) is 0 Å². The molecule has 0 bridgehead atoms. The zero-order valence-electron chi connectivity index (χ0n) is 16.7. The van der Waals surface area contributed by atoms with E-state index in [9.17, 15) is 18.0 Å². The summed E-state index contributed by atoms with van der Waals surface area (Å²) in [7, 11) is -2.49. The number of methoxy groups -OCH3 is 1. The van der Waals surface area contributed by atoms with Crippen LogP contribution >= 0.6 is 0 Å². The zero-order valence-corrected chi connectivity index (χ0v) is 17.5. The minimum absolute atomic E-state index is 0.0835. The molecule has 0 unspecified atom stereocenters. The molecule has 1 aliphatic heterocycles. The summed E-state index contributed by atoms with van der Waals surface area (Å²) in [6, 6.07) is 8.92. The number of rotatable bonds is 6. The number of ether oxygens (including phenoxy) is 2. The van der Waals surface area contributed by atoms with Crippen molar-refractivity contribution in [2.75, 3.05) is 38.7 Å². The summed E-state index contributed by atoms with van der Waals surface area (Å²) >= 11 is 0. The summed E-state index contributed by atoms with van der Waals surface area (Å²) in [5.41, 5.74) is 6.88. The second-order valence-corrected chi connectivity index (χ2v) is 8.64. The molecule has 0 atom stereocenters. The van der Waals surface area contributed by atoms with E-state index >= 15 is 0 Å². The van der Waals surface area contributed by atoms with Crippen LogP contribution in [-0.4, -0.2) is 58.0 Å². The number of primary amides is 1. The number of carbonyl (C=O) groups excluding carboxylic acids is 2. The molecule has 1 fully saturated rings. The Morgan fingerprint density at radius 3 is 2.43 bits per heavy atom. The van der Waals surface area contributed by atoms with E-state index in [-0.39, 0.29) is 29.3 Å². The van der Waals surface area contributed by atoms with Crippen LogP contribution in [0.4, 0.5) is 5.69 Å². The van der Waals surface area contributed by atoms with Crippen LogP contribution in [0.5, 0.6) is 5.75 Å². The third kappa shape index (κ3) is 4.45. The minimum Gasteiger partial charge on any atom is -0.495 e. The van der Waals surface area contributed by atoms with Gasteiger partial charge in [0.2, 0.25) is 15.9 Å². The minimum atomic E-state index is -3.86. The average Bonchev–Trinajstić information content (AvgIpc) is 2.73. The Hall–Kier alpha value is -2.95. The summed E-state index contributed by atoms with van der Waals surface area (Å²) in [5.74, 6) is -0.902. The van der Waals surface area contributed by atoms with Gasteiger partial charge in [-0.25, -0.2) is 8.42 Å². The largest absolute Gasteiger partial charge is 0.495 e. The Balaban J connectivity index is 1.89. The van der Waals surface area contributed by atoms with E-state index in [1.165, 1.54) is 35.7 Å². The maximum absolute atomic E-state index is 13.1. The molecule has 0 aromatic heterocycles. The molecule has 1 saturated heterocycles. The number of carbonyl (C=O) groups is 2. The van der Waals surface area contributed by atoms with Crippen molar-refractivity contribution < 1.29 is 27.5 Å². The van der Waals surface area contributed by atoms with Crippen molar-refractivity contribution in [2.45, 2.75) is 11.8 Å². The van der Waals surface area contributed by atoms with Crippen molar-refractivity contribution in [2.24, 2.45) is 5.73 Å². The Morgan fingerprint density at radius 2 is 1.83 bits per heavy atom. The number of morpholine rings is 1. The fourth-order valence-electron chi connectivity index (χ4n) is 3.17. The predicted molar refractivity (Wildman–Crippen MR) is 110 cm³/mol. The van der Waals surface area contributed by atoms with E-state index in [0.29, 0.717) is 30.0 Å². The zero-order chi connectivity index (χ0) is 21.9. The van der Waals surface area contributed by atoms with E-state index < -0.39 is 21.8 Å². The van der Waals surface area contributed by atoms with E-state index in [1.54, 1.807) is 19.1 Å². The van der Waals surface area contributed by atoms with Crippen LogP contribution in [0.1, 0.15) is 26.3 Å². The standard InChI is InChI=1S/C20H23N3O6S/c1-13-11-15(4-5-16(13)19(21)24)22-20(25)14-3-6-17(28-2)18(12-14)30(26,27)23-7-9-29-10-8-23/h3-6,11-12H,7-10H2,1-2H3,(H2,21,24)(H,22,25). The number of aryl methyl sites for hydroxylation is 1. The molecule has 1 aliphatic rings. The molecule has 3 N–H and O–H groups in total. The summed E-state index contributed by atoms with van der Waals surface area (Å²) < 4.78 is 37.9. The molecule has 2 aromatic rings. The smallest absolute Gasteiger partial charge is 0.255 e. The lowest BCUT2D eigenvalue weighted by atomic mass is 10.1. The first kappa shape index (κ1) is 21.8. The number of nitrogens with two attached hydrogens (primary N) is 1. The molecular weight excluding hydrogens is 410 g/mol. The Morgan fingerprint density at radius 1 is 1.13 bits per heavy atom. The molecule has 3 rings (SSSR count). The first-order chi connectivity index (χ1) is 14.2. The van der Waals surface area contributed by atoms with Crippen molar-refractivity contribution in [3.63, 3.8) is 0 Å². The highest BCUT2D eigenvalue weighted by Gasteiger charge is 2.30. The molecule has 10 heteroatoms. The maximum atomic E-state index is 13.1. The summed E-state index contributed by atoms with van der Waals surface area (Å²) in [6.07, 6.45) is 0. The molecule has 30 heavy (non-hydrogen) atoms. The maximum Gasteiger partial charge on any atom is 0.255 e. The lowest BCUT2D eigenvalue weighted by Crippen LogP contribution is -2.40. The van der Waals surface area contributed by atoms with Crippen molar-refractivity contribution in [1.29, 1.82) is 0 Å². The molecule has 2 aromatic carbocycles. The highest BCUT2D eigenvalue weighted by atomic mass is 32.2. The van der Waals surface area contributed by atoms with Gasteiger partial charge < -0.3 is 20.5 Å². The first-order valence-electron chi connectivity index (χ1n) is 9.22. The van der Waals surface area contributed by atoms with Crippen molar-refractivity contribution in [1.82, 2.24) is 4.31 Å². The molecule has 0 radical (unpaired) electrons. The fraction of sp³-hybridized carbons (Fsp3) is 0.300.